The van der Waals surface area contributed by atoms with Crippen LogP contribution in [0.3, 0.4) is 0 Å². The fourth-order valence-electron chi connectivity index (χ4n) is 2.61. The maximum absolute atomic E-state index is 12.9. The van der Waals surface area contributed by atoms with Crippen molar-refractivity contribution in [2.24, 2.45) is 5.92 Å². The van der Waals surface area contributed by atoms with Crippen LogP contribution in [-0.2, 0) is 10.3 Å². The maximum atomic E-state index is 12.9. The monoisotopic (exact) mass is 218 g/mol. The molecule has 0 bridgehead atoms. The summed E-state index contributed by atoms with van der Waals surface area (Å²) in [6.07, 6.45) is 8.08. The van der Waals surface area contributed by atoms with Gasteiger partial charge in [0.25, 0.3) is 0 Å². The molecule has 2 aliphatic rings. The molecule has 2 heteroatoms. The van der Waals surface area contributed by atoms with Crippen molar-refractivity contribution in [1.82, 2.24) is 0 Å². The standard InChI is InChI=1S/C14H15FO/c15-13-8-6-12(7-9-13)14(10-16-14)11-4-2-1-3-5-11/h2,4,6-9,11H,1,3,5,10H2. The van der Waals surface area contributed by atoms with Gasteiger partial charge in [-0.1, -0.05) is 24.3 Å². The molecule has 1 aromatic carbocycles. The Morgan fingerprint density at radius 3 is 2.56 bits per heavy atom. The smallest absolute Gasteiger partial charge is 0.123 e. The minimum atomic E-state index is -0.182. The van der Waals surface area contributed by atoms with Crippen LogP contribution in [0.5, 0.6) is 0 Å². The summed E-state index contributed by atoms with van der Waals surface area (Å²) in [5, 5.41) is 0. The van der Waals surface area contributed by atoms with E-state index in [1.165, 1.54) is 31.4 Å². The van der Waals surface area contributed by atoms with E-state index in [9.17, 15) is 4.39 Å². The van der Waals surface area contributed by atoms with E-state index < -0.39 is 0 Å². The van der Waals surface area contributed by atoms with Crippen molar-refractivity contribution in [2.45, 2.75) is 24.9 Å². The lowest BCUT2D eigenvalue weighted by molar-refractivity contribution is 0.234. The molecular formula is C14H15FO. The minimum Gasteiger partial charge on any atom is -0.364 e. The van der Waals surface area contributed by atoms with E-state index in [0.717, 1.165) is 12.2 Å². The highest BCUT2D eigenvalue weighted by molar-refractivity contribution is 5.30. The molecule has 16 heavy (non-hydrogen) atoms. The van der Waals surface area contributed by atoms with Crippen molar-refractivity contribution in [3.63, 3.8) is 0 Å². The van der Waals surface area contributed by atoms with E-state index in [2.05, 4.69) is 12.2 Å². The first kappa shape index (κ1) is 10.0. The highest BCUT2D eigenvalue weighted by Crippen LogP contribution is 2.49. The Hall–Kier alpha value is -1.15. The fraction of sp³-hybridized carbons (Fsp3) is 0.429. The normalized spacial score (nSPS) is 32.7. The second-order valence-corrected chi connectivity index (χ2v) is 4.65. The SMILES string of the molecule is Fc1ccc(C2(C3C=CCCC3)CO2)cc1. The molecule has 84 valence electrons. The van der Waals surface area contributed by atoms with Crippen LogP contribution in [0.15, 0.2) is 36.4 Å². The molecule has 1 aromatic rings. The summed E-state index contributed by atoms with van der Waals surface area (Å²) < 4.78 is 18.6. The molecule has 0 radical (unpaired) electrons. The van der Waals surface area contributed by atoms with Gasteiger partial charge in [-0.3, -0.25) is 0 Å². The second kappa shape index (κ2) is 3.70. The van der Waals surface area contributed by atoms with Gasteiger partial charge < -0.3 is 4.74 Å². The van der Waals surface area contributed by atoms with Crippen molar-refractivity contribution in [2.75, 3.05) is 6.61 Å². The van der Waals surface area contributed by atoms with Crippen LogP contribution in [-0.4, -0.2) is 6.61 Å². The summed E-state index contributed by atoms with van der Waals surface area (Å²) in [4.78, 5) is 0. The topological polar surface area (TPSA) is 12.5 Å². The molecule has 1 nitrogen and oxygen atoms in total. The summed E-state index contributed by atoms with van der Waals surface area (Å²) in [5.74, 6) is 0.283. The first-order valence-corrected chi connectivity index (χ1v) is 5.88. The number of hydrogen-bond donors (Lipinski definition) is 0. The average Bonchev–Trinajstić information content (AvgIpc) is 3.13. The Morgan fingerprint density at radius 1 is 1.25 bits per heavy atom. The highest BCUT2D eigenvalue weighted by Gasteiger charge is 2.51. The predicted molar refractivity (Wildman–Crippen MR) is 60.5 cm³/mol. The number of epoxide rings is 1. The predicted octanol–water partition coefficient (Wildman–Crippen LogP) is 3.41. The third-order valence-corrected chi connectivity index (χ3v) is 3.64. The Bertz CT molecular complexity index is 403. The van der Waals surface area contributed by atoms with E-state index >= 15 is 0 Å². The van der Waals surface area contributed by atoms with Gasteiger partial charge in [-0.05, 0) is 37.0 Å². The molecule has 3 rings (SSSR count). The molecule has 0 aromatic heterocycles. The Kier molecular flexibility index (Phi) is 2.32. The fourth-order valence-corrected chi connectivity index (χ4v) is 2.61. The average molecular weight is 218 g/mol. The van der Waals surface area contributed by atoms with Crippen molar-refractivity contribution in [3.8, 4) is 0 Å². The highest BCUT2D eigenvalue weighted by atomic mass is 19.1. The maximum Gasteiger partial charge on any atom is 0.123 e. The van der Waals surface area contributed by atoms with Gasteiger partial charge in [0.1, 0.15) is 11.4 Å². The summed E-state index contributed by atoms with van der Waals surface area (Å²) in [7, 11) is 0. The summed E-state index contributed by atoms with van der Waals surface area (Å²) >= 11 is 0. The largest absolute Gasteiger partial charge is 0.364 e. The van der Waals surface area contributed by atoms with Gasteiger partial charge in [-0.2, -0.15) is 0 Å². The van der Waals surface area contributed by atoms with Gasteiger partial charge in [0.2, 0.25) is 0 Å². The first-order chi connectivity index (χ1) is 7.81. The van der Waals surface area contributed by atoms with Gasteiger partial charge in [0, 0.05) is 5.92 Å². The number of hydrogen-bond acceptors (Lipinski definition) is 1. The van der Waals surface area contributed by atoms with E-state index in [4.69, 9.17) is 4.74 Å². The molecule has 2 unspecified atom stereocenters. The van der Waals surface area contributed by atoms with E-state index in [1.54, 1.807) is 0 Å². The summed E-state index contributed by atoms with van der Waals surface area (Å²) in [6.45, 7) is 0.771. The third kappa shape index (κ3) is 1.57. The van der Waals surface area contributed by atoms with Crippen LogP contribution in [0.1, 0.15) is 24.8 Å². The molecule has 0 N–H and O–H groups in total. The number of ether oxygens (including phenoxy) is 1. The zero-order valence-corrected chi connectivity index (χ0v) is 9.16. The van der Waals surface area contributed by atoms with Crippen molar-refractivity contribution < 1.29 is 9.13 Å². The van der Waals surface area contributed by atoms with Crippen molar-refractivity contribution in [1.29, 1.82) is 0 Å². The molecule has 0 spiro atoms. The number of benzene rings is 1. The van der Waals surface area contributed by atoms with E-state index in [-0.39, 0.29) is 11.4 Å². The molecule has 1 saturated heterocycles. The van der Waals surface area contributed by atoms with E-state index in [0.29, 0.717) is 5.92 Å². The Labute approximate surface area is 94.9 Å². The summed E-state index contributed by atoms with van der Waals surface area (Å²) in [6, 6.07) is 6.74. The van der Waals surface area contributed by atoms with Gasteiger partial charge in [0.05, 0.1) is 6.61 Å². The van der Waals surface area contributed by atoms with Crippen LogP contribution >= 0.6 is 0 Å². The number of allylic oxidation sites excluding steroid dienone is 1. The van der Waals surface area contributed by atoms with Gasteiger partial charge in [0.15, 0.2) is 0 Å². The molecule has 1 fully saturated rings. The van der Waals surface area contributed by atoms with E-state index in [1.807, 2.05) is 12.1 Å². The lowest BCUT2D eigenvalue weighted by Gasteiger charge is -2.24. The van der Waals surface area contributed by atoms with Crippen LogP contribution in [0, 0.1) is 11.7 Å². The molecule has 1 aliphatic heterocycles. The zero-order chi connectivity index (χ0) is 11.0. The molecule has 1 heterocycles. The quantitative estimate of drug-likeness (QED) is 0.547. The molecular weight excluding hydrogens is 203 g/mol. The lowest BCUT2D eigenvalue weighted by Crippen LogP contribution is -2.22. The lowest BCUT2D eigenvalue weighted by atomic mass is 9.80. The van der Waals surface area contributed by atoms with Crippen LogP contribution in [0.25, 0.3) is 0 Å². The van der Waals surface area contributed by atoms with Gasteiger partial charge in [-0.15, -0.1) is 0 Å². The first-order valence-electron chi connectivity index (χ1n) is 5.88. The Morgan fingerprint density at radius 2 is 2.00 bits per heavy atom. The van der Waals surface area contributed by atoms with Crippen molar-refractivity contribution >= 4 is 0 Å². The zero-order valence-electron chi connectivity index (χ0n) is 9.16. The third-order valence-electron chi connectivity index (χ3n) is 3.64. The second-order valence-electron chi connectivity index (χ2n) is 4.65. The molecule has 0 amide bonds. The Balaban J connectivity index is 1.90. The van der Waals surface area contributed by atoms with Gasteiger partial charge >= 0.3 is 0 Å². The van der Waals surface area contributed by atoms with Crippen LogP contribution < -0.4 is 0 Å². The number of halogens is 1. The number of rotatable bonds is 2. The van der Waals surface area contributed by atoms with Crippen molar-refractivity contribution in [3.05, 3.63) is 47.8 Å². The molecule has 0 saturated carbocycles. The minimum absolute atomic E-state index is 0.148. The van der Waals surface area contributed by atoms with Gasteiger partial charge in [-0.25, -0.2) is 4.39 Å². The molecule has 1 aliphatic carbocycles. The van der Waals surface area contributed by atoms with Crippen LogP contribution in [0.2, 0.25) is 0 Å². The summed E-state index contributed by atoms with van der Waals surface area (Å²) in [5.41, 5.74) is 0.968. The molecule has 2 atom stereocenters. The van der Waals surface area contributed by atoms with Crippen LogP contribution in [0.4, 0.5) is 4.39 Å².